The number of nitrogens with one attached hydrogen (secondary N) is 1. The van der Waals surface area contributed by atoms with Crippen LogP contribution < -0.4 is 4.72 Å². The zero-order valence-corrected chi connectivity index (χ0v) is 11.0. The van der Waals surface area contributed by atoms with Crippen LogP contribution in [0.5, 0.6) is 0 Å². The van der Waals surface area contributed by atoms with Crippen molar-refractivity contribution in [2.24, 2.45) is 5.92 Å². The molecule has 0 heterocycles. The molecule has 1 aliphatic rings. The van der Waals surface area contributed by atoms with Crippen molar-refractivity contribution < 1.29 is 0 Å². The normalized spacial score (nSPS) is 24.6. The zero-order chi connectivity index (χ0) is 11.4. The Balaban J connectivity index is 2.08. The Bertz CT molecular complexity index is 320. The molecule has 1 fully saturated rings. The minimum atomic E-state index is 0.813. The fourth-order valence-corrected chi connectivity index (χ4v) is 3.25. The maximum atomic E-state index is 3.27. The lowest BCUT2D eigenvalue weighted by Gasteiger charge is -2.18. The van der Waals surface area contributed by atoms with E-state index in [1.165, 1.54) is 36.9 Å². The van der Waals surface area contributed by atoms with Crippen LogP contribution >= 0.6 is 11.9 Å². The molecule has 2 unspecified atom stereocenters. The summed E-state index contributed by atoms with van der Waals surface area (Å²) in [7, 11) is 0. The molecule has 0 radical (unpaired) electrons. The molecule has 0 aromatic heterocycles. The molecule has 0 saturated heterocycles. The predicted octanol–water partition coefficient (Wildman–Crippen LogP) is 4.67. The molecule has 0 bridgehead atoms. The molecule has 1 aromatic rings. The van der Waals surface area contributed by atoms with E-state index in [4.69, 9.17) is 0 Å². The van der Waals surface area contributed by atoms with Crippen molar-refractivity contribution in [2.45, 2.75) is 38.5 Å². The lowest BCUT2D eigenvalue weighted by molar-refractivity contribution is 0.470. The first-order valence-corrected chi connectivity index (χ1v) is 7.46. The van der Waals surface area contributed by atoms with Crippen molar-refractivity contribution in [1.29, 1.82) is 0 Å². The summed E-state index contributed by atoms with van der Waals surface area (Å²) < 4.78 is 3.27. The van der Waals surface area contributed by atoms with Gasteiger partial charge in [0.2, 0.25) is 0 Å². The first-order chi connectivity index (χ1) is 7.85. The molecule has 88 valence electrons. The molecule has 2 rings (SSSR count). The molecule has 0 spiro atoms. The maximum absolute atomic E-state index is 3.27. The van der Waals surface area contributed by atoms with E-state index in [0.29, 0.717) is 0 Å². The number of anilines is 1. The molecule has 0 aliphatic heterocycles. The molecule has 0 amide bonds. The van der Waals surface area contributed by atoms with Crippen molar-refractivity contribution >= 4 is 17.6 Å². The Morgan fingerprint density at radius 1 is 1.25 bits per heavy atom. The van der Waals surface area contributed by atoms with Gasteiger partial charge in [-0.1, -0.05) is 43.8 Å². The molecular formula is C14H21NS. The third-order valence-corrected chi connectivity index (χ3v) is 4.18. The van der Waals surface area contributed by atoms with E-state index >= 15 is 0 Å². The molecule has 1 aliphatic carbocycles. The van der Waals surface area contributed by atoms with Crippen LogP contribution in [-0.4, -0.2) is 6.26 Å². The number of benzene rings is 1. The van der Waals surface area contributed by atoms with Crippen LogP contribution in [0.15, 0.2) is 24.3 Å². The predicted molar refractivity (Wildman–Crippen MR) is 74.0 cm³/mol. The van der Waals surface area contributed by atoms with Gasteiger partial charge in [0.05, 0.1) is 0 Å². The molecule has 1 nitrogen and oxygen atoms in total. The molecule has 16 heavy (non-hydrogen) atoms. The third-order valence-electron chi connectivity index (χ3n) is 3.74. The van der Waals surface area contributed by atoms with Crippen molar-refractivity contribution in [3.63, 3.8) is 0 Å². The van der Waals surface area contributed by atoms with Gasteiger partial charge < -0.3 is 4.72 Å². The fraction of sp³-hybridized carbons (Fsp3) is 0.571. The summed E-state index contributed by atoms with van der Waals surface area (Å²) in [6.07, 6.45) is 7.60. The second-order valence-corrected chi connectivity index (χ2v) is 5.25. The fourth-order valence-electron chi connectivity index (χ4n) is 2.88. The Hall–Kier alpha value is -0.630. The second kappa shape index (κ2) is 5.62. The summed E-state index contributed by atoms with van der Waals surface area (Å²) in [6.45, 7) is 2.33. The van der Waals surface area contributed by atoms with Gasteiger partial charge in [0.15, 0.2) is 0 Å². The number of hydrogen-bond acceptors (Lipinski definition) is 2. The molecule has 1 saturated carbocycles. The van der Waals surface area contributed by atoms with Gasteiger partial charge in [-0.05, 0) is 42.4 Å². The summed E-state index contributed by atoms with van der Waals surface area (Å²) in [6, 6.07) is 9.02. The van der Waals surface area contributed by atoms with Crippen LogP contribution in [0.2, 0.25) is 0 Å². The van der Waals surface area contributed by atoms with Crippen LogP contribution in [0.25, 0.3) is 0 Å². The van der Waals surface area contributed by atoms with Crippen LogP contribution in [0.1, 0.15) is 44.1 Å². The van der Waals surface area contributed by atoms with Gasteiger partial charge in [0, 0.05) is 11.9 Å². The lowest BCUT2D eigenvalue weighted by Crippen LogP contribution is -2.04. The van der Waals surface area contributed by atoms with Crippen molar-refractivity contribution in [3.05, 3.63) is 29.8 Å². The highest BCUT2D eigenvalue weighted by Crippen LogP contribution is 2.41. The number of hydrogen-bond donors (Lipinski definition) is 1. The van der Waals surface area contributed by atoms with E-state index in [-0.39, 0.29) is 0 Å². The topological polar surface area (TPSA) is 12.0 Å². The van der Waals surface area contributed by atoms with Crippen molar-refractivity contribution in [1.82, 2.24) is 0 Å². The third kappa shape index (κ3) is 2.54. The van der Waals surface area contributed by atoms with Crippen molar-refractivity contribution in [3.8, 4) is 0 Å². The van der Waals surface area contributed by atoms with Gasteiger partial charge in [0.1, 0.15) is 0 Å². The van der Waals surface area contributed by atoms with Gasteiger partial charge in [-0.2, -0.15) is 0 Å². The largest absolute Gasteiger partial charge is 0.330 e. The summed E-state index contributed by atoms with van der Waals surface area (Å²) >= 11 is 1.65. The van der Waals surface area contributed by atoms with Gasteiger partial charge in [-0.3, -0.25) is 0 Å². The van der Waals surface area contributed by atoms with Gasteiger partial charge in [0.25, 0.3) is 0 Å². The highest BCUT2D eigenvalue weighted by atomic mass is 32.2. The van der Waals surface area contributed by atoms with Gasteiger partial charge in [-0.25, -0.2) is 0 Å². The quantitative estimate of drug-likeness (QED) is 0.761. The second-order valence-electron chi connectivity index (χ2n) is 4.63. The molecule has 2 atom stereocenters. The smallest absolute Gasteiger partial charge is 0.0440 e. The van der Waals surface area contributed by atoms with E-state index in [9.17, 15) is 0 Å². The minimum absolute atomic E-state index is 0.813. The highest BCUT2D eigenvalue weighted by molar-refractivity contribution is 7.99. The Labute approximate surface area is 103 Å². The molecule has 1 N–H and O–H groups in total. The molecular weight excluding hydrogens is 214 g/mol. The standard InChI is InChI=1S/C14H21NS/c1-3-11-5-4-6-14(11)12-7-9-13(10-8-12)15-16-2/h7-11,14-15H,3-6H2,1-2H3. The lowest BCUT2D eigenvalue weighted by atomic mass is 9.87. The summed E-state index contributed by atoms with van der Waals surface area (Å²) in [5, 5.41) is 0. The average molecular weight is 235 g/mol. The van der Waals surface area contributed by atoms with Crippen molar-refractivity contribution in [2.75, 3.05) is 11.0 Å². The van der Waals surface area contributed by atoms with Crippen LogP contribution in [0.4, 0.5) is 5.69 Å². The van der Waals surface area contributed by atoms with Crippen LogP contribution in [-0.2, 0) is 0 Å². The van der Waals surface area contributed by atoms with Gasteiger partial charge in [-0.15, -0.1) is 0 Å². The highest BCUT2D eigenvalue weighted by Gasteiger charge is 2.26. The molecule has 1 aromatic carbocycles. The monoisotopic (exact) mass is 235 g/mol. The maximum Gasteiger partial charge on any atom is 0.0440 e. The van der Waals surface area contributed by atoms with E-state index in [0.717, 1.165) is 11.8 Å². The summed E-state index contributed by atoms with van der Waals surface area (Å²) in [4.78, 5) is 0. The first-order valence-electron chi connectivity index (χ1n) is 6.24. The van der Waals surface area contributed by atoms with E-state index in [2.05, 4.69) is 42.2 Å². The Morgan fingerprint density at radius 2 is 2.00 bits per heavy atom. The van der Waals surface area contributed by atoms with E-state index in [1.807, 2.05) is 0 Å². The average Bonchev–Trinajstić information content (AvgIpc) is 2.78. The Kier molecular flexibility index (Phi) is 4.16. The minimum Gasteiger partial charge on any atom is -0.330 e. The number of rotatable bonds is 4. The van der Waals surface area contributed by atoms with Crippen LogP contribution in [0.3, 0.4) is 0 Å². The first kappa shape index (κ1) is 11.8. The summed E-state index contributed by atoms with van der Waals surface area (Å²) in [5.41, 5.74) is 2.75. The van der Waals surface area contributed by atoms with Gasteiger partial charge >= 0.3 is 0 Å². The van der Waals surface area contributed by atoms with E-state index < -0.39 is 0 Å². The molecule has 2 heteroatoms. The Morgan fingerprint density at radius 3 is 2.62 bits per heavy atom. The van der Waals surface area contributed by atoms with Crippen LogP contribution in [0, 0.1) is 5.92 Å². The van der Waals surface area contributed by atoms with E-state index in [1.54, 1.807) is 11.9 Å². The summed E-state index contributed by atoms with van der Waals surface area (Å²) in [5.74, 6) is 1.73. The zero-order valence-electron chi connectivity index (χ0n) is 10.2. The SMILES string of the molecule is CCC1CCCC1c1ccc(NSC)cc1.